The lowest BCUT2D eigenvalue weighted by molar-refractivity contribution is -0.142. The van der Waals surface area contributed by atoms with Gasteiger partial charge in [0.2, 0.25) is 11.8 Å². The van der Waals surface area contributed by atoms with Gasteiger partial charge in [-0.3, -0.25) is 9.59 Å². The largest absolute Gasteiger partial charge is 0.494 e. The Morgan fingerprint density at radius 2 is 2.15 bits per heavy atom. The van der Waals surface area contributed by atoms with Crippen LogP contribution in [0.25, 0.3) is 0 Å². The van der Waals surface area contributed by atoms with E-state index in [0.717, 1.165) is 24.2 Å². The summed E-state index contributed by atoms with van der Waals surface area (Å²) in [6, 6.07) is 5.43. The molecule has 0 bridgehead atoms. The van der Waals surface area contributed by atoms with Gasteiger partial charge in [-0.2, -0.15) is 0 Å². The molecule has 1 aliphatic heterocycles. The minimum atomic E-state index is -0.190. The lowest BCUT2D eigenvalue weighted by atomic mass is 9.96. The van der Waals surface area contributed by atoms with Crippen molar-refractivity contribution in [3.05, 3.63) is 28.8 Å². The standard InChI is InChI=1S/C19H27ClN2O4/c1-4-26-17-8-7-16(20)10-15(17)11-21(2)19(24)14-6-5-9-22(12-14)18(23)13-25-3/h7-8,10,14H,4-6,9,11-13H2,1-3H3. The summed E-state index contributed by atoms with van der Waals surface area (Å²) in [6.45, 7) is 4.05. The van der Waals surface area contributed by atoms with E-state index in [4.69, 9.17) is 21.1 Å². The number of carbonyl (C=O) groups is 2. The van der Waals surface area contributed by atoms with Gasteiger partial charge >= 0.3 is 0 Å². The number of piperidine rings is 1. The number of nitrogens with zero attached hydrogens (tertiary/aromatic N) is 2. The van der Waals surface area contributed by atoms with Crippen molar-refractivity contribution < 1.29 is 19.1 Å². The Labute approximate surface area is 160 Å². The van der Waals surface area contributed by atoms with Crippen molar-refractivity contribution in [2.45, 2.75) is 26.3 Å². The first kappa shape index (κ1) is 20.5. The molecule has 1 unspecified atom stereocenters. The Balaban J connectivity index is 2.03. The van der Waals surface area contributed by atoms with Gasteiger partial charge in [0, 0.05) is 44.4 Å². The smallest absolute Gasteiger partial charge is 0.248 e. The number of halogens is 1. The third-order valence-electron chi connectivity index (χ3n) is 4.50. The van der Waals surface area contributed by atoms with Gasteiger partial charge < -0.3 is 19.3 Å². The highest BCUT2D eigenvalue weighted by Crippen LogP contribution is 2.26. The van der Waals surface area contributed by atoms with E-state index in [0.29, 0.717) is 31.3 Å². The number of methoxy groups -OCH3 is 1. The van der Waals surface area contributed by atoms with Gasteiger partial charge in [0.05, 0.1) is 12.5 Å². The fourth-order valence-electron chi connectivity index (χ4n) is 3.23. The predicted octanol–water partition coefficient (Wildman–Crippen LogP) is 2.58. The minimum Gasteiger partial charge on any atom is -0.494 e. The van der Waals surface area contributed by atoms with Crippen LogP contribution < -0.4 is 4.74 Å². The zero-order valence-electron chi connectivity index (χ0n) is 15.7. The average molecular weight is 383 g/mol. The van der Waals surface area contributed by atoms with Crippen LogP contribution in [0.3, 0.4) is 0 Å². The molecule has 2 amide bonds. The maximum Gasteiger partial charge on any atom is 0.248 e. The molecule has 0 radical (unpaired) electrons. The number of likely N-dealkylation sites (tertiary alicyclic amines) is 1. The second-order valence-electron chi connectivity index (χ2n) is 6.49. The lowest BCUT2D eigenvalue weighted by Gasteiger charge is -2.34. The van der Waals surface area contributed by atoms with Gasteiger partial charge in [-0.25, -0.2) is 0 Å². The molecule has 2 rings (SSSR count). The summed E-state index contributed by atoms with van der Waals surface area (Å²) < 4.78 is 10.5. The van der Waals surface area contributed by atoms with Crippen LogP contribution in [0.5, 0.6) is 5.75 Å². The number of carbonyl (C=O) groups excluding carboxylic acids is 2. The van der Waals surface area contributed by atoms with Crippen LogP contribution in [0.15, 0.2) is 18.2 Å². The highest BCUT2D eigenvalue weighted by molar-refractivity contribution is 6.30. The van der Waals surface area contributed by atoms with Crippen LogP contribution in [0.1, 0.15) is 25.3 Å². The van der Waals surface area contributed by atoms with Crippen LogP contribution in [0.2, 0.25) is 5.02 Å². The summed E-state index contributed by atoms with van der Waals surface area (Å²) in [4.78, 5) is 28.3. The molecule has 1 fully saturated rings. The highest BCUT2D eigenvalue weighted by Gasteiger charge is 2.30. The molecule has 1 heterocycles. The topological polar surface area (TPSA) is 59.1 Å². The summed E-state index contributed by atoms with van der Waals surface area (Å²) in [5.74, 6) is 0.504. The first-order chi connectivity index (χ1) is 12.5. The normalized spacial score (nSPS) is 17.1. The Bertz CT molecular complexity index is 638. The van der Waals surface area contributed by atoms with Crippen molar-refractivity contribution in [2.75, 3.05) is 40.5 Å². The van der Waals surface area contributed by atoms with Crippen LogP contribution in [0, 0.1) is 5.92 Å². The second-order valence-corrected chi connectivity index (χ2v) is 6.93. The third-order valence-corrected chi connectivity index (χ3v) is 4.73. The number of benzene rings is 1. The Kier molecular flexibility index (Phi) is 7.72. The van der Waals surface area contributed by atoms with E-state index in [-0.39, 0.29) is 24.3 Å². The van der Waals surface area contributed by atoms with Crippen molar-refractivity contribution in [1.29, 1.82) is 0 Å². The van der Waals surface area contributed by atoms with Gasteiger partial charge in [-0.05, 0) is 38.0 Å². The Morgan fingerprint density at radius 3 is 2.85 bits per heavy atom. The lowest BCUT2D eigenvalue weighted by Crippen LogP contribution is -2.46. The van der Waals surface area contributed by atoms with E-state index in [9.17, 15) is 9.59 Å². The molecule has 0 saturated carbocycles. The van der Waals surface area contributed by atoms with Crippen molar-refractivity contribution in [1.82, 2.24) is 9.80 Å². The maximum absolute atomic E-state index is 12.9. The first-order valence-corrected chi connectivity index (χ1v) is 9.27. The molecule has 0 aromatic heterocycles. The fraction of sp³-hybridized carbons (Fsp3) is 0.579. The Hall–Kier alpha value is -1.79. The van der Waals surface area contributed by atoms with Crippen molar-refractivity contribution in [3.8, 4) is 5.75 Å². The monoisotopic (exact) mass is 382 g/mol. The molecule has 26 heavy (non-hydrogen) atoms. The molecular formula is C19H27ClN2O4. The maximum atomic E-state index is 12.9. The molecule has 6 nitrogen and oxygen atoms in total. The average Bonchev–Trinajstić information content (AvgIpc) is 2.63. The van der Waals surface area contributed by atoms with Crippen LogP contribution >= 0.6 is 11.6 Å². The first-order valence-electron chi connectivity index (χ1n) is 8.89. The van der Waals surface area contributed by atoms with E-state index in [1.165, 1.54) is 7.11 Å². The molecule has 1 aromatic rings. The fourth-order valence-corrected chi connectivity index (χ4v) is 3.43. The highest BCUT2D eigenvalue weighted by atomic mass is 35.5. The summed E-state index contributed by atoms with van der Waals surface area (Å²) in [5.41, 5.74) is 0.873. The number of hydrogen-bond acceptors (Lipinski definition) is 4. The molecule has 144 valence electrons. The molecule has 1 aromatic carbocycles. The van der Waals surface area contributed by atoms with E-state index in [1.54, 1.807) is 22.9 Å². The van der Waals surface area contributed by atoms with Crippen LogP contribution in [-0.4, -0.2) is 62.1 Å². The summed E-state index contributed by atoms with van der Waals surface area (Å²) >= 11 is 6.10. The molecule has 7 heteroatoms. The summed E-state index contributed by atoms with van der Waals surface area (Å²) in [5, 5.41) is 0.610. The number of rotatable bonds is 7. The van der Waals surface area contributed by atoms with Gasteiger partial charge in [0.15, 0.2) is 0 Å². The molecular weight excluding hydrogens is 356 g/mol. The van der Waals surface area contributed by atoms with Crippen LogP contribution in [-0.2, 0) is 20.9 Å². The predicted molar refractivity (Wildman–Crippen MR) is 100 cm³/mol. The number of hydrogen-bond donors (Lipinski definition) is 0. The molecule has 0 N–H and O–H groups in total. The van der Waals surface area contributed by atoms with E-state index < -0.39 is 0 Å². The third kappa shape index (κ3) is 5.35. The van der Waals surface area contributed by atoms with Gasteiger partial charge in [0.1, 0.15) is 12.4 Å². The van der Waals surface area contributed by atoms with Crippen LogP contribution in [0.4, 0.5) is 0 Å². The molecule has 0 aliphatic carbocycles. The molecule has 1 atom stereocenters. The van der Waals surface area contributed by atoms with Gasteiger partial charge in [0.25, 0.3) is 0 Å². The van der Waals surface area contributed by atoms with E-state index in [2.05, 4.69) is 0 Å². The molecule has 0 spiro atoms. The van der Waals surface area contributed by atoms with E-state index >= 15 is 0 Å². The van der Waals surface area contributed by atoms with Crippen molar-refractivity contribution in [2.24, 2.45) is 5.92 Å². The van der Waals surface area contributed by atoms with Crippen molar-refractivity contribution in [3.63, 3.8) is 0 Å². The second kappa shape index (κ2) is 9.78. The molecule has 1 saturated heterocycles. The zero-order chi connectivity index (χ0) is 19.1. The summed E-state index contributed by atoms with van der Waals surface area (Å²) in [6.07, 6.45) is 1.61. The quantitative estimate of drug-likeness (QED) is 0.727. The zero-order valence-corrected chi connectivity index (χ0v) is 16.4. The van der Waals surface area contributed by atoms with E-state index in [1.807, 2.05) is 19.1 Å². The van der Waals surface area contributed by atoms with Gasteiger partial charge in [-0.15, -0.1) is 0 Å². The molecule has 1 aliphatic rings. The summed E-state index contributed by atoms with van der Waals surface area (Å²) in [7, 11) is 3.27. The Morgan fingerprint density at radius 1 is 1.38 bits per heavy atom. The van der Waals surface area contributed by atoms with Crippen molar-refractivity contribution >= 4 is 23.4 Å². The van der Waals surface area contributed by atoms with Gasteiger partial charge in [-0.1, -0.05) is 11.6 Å². The number of ether oxygens (including phenoxy) is 2. The minimum absolute atomic E-state index is 0.0299. The SMILES string of the molecule is CCOc1ccc(Cl)cc1CN(C)C(=O)C1CCCN(C(=O)COC)C1. The number of amides is 2.